The Balaban J connectivity index is 1.85. The number of fused-ring (bicyclic) bond motifs is 1. The first kappa shape index (κ1) is 17.4. The number of rotatable bonds is 3. The van der Waals surface area contributed by atoms with Crippen LogP contribution in [0.15, 0.2) is 36.5 Å². The van der Waals surface area contributed by atoms with E-state index in [4.69, 9.17) is 0 Å². The van der Waals surface area contributed by atoms with Crippen LogP contribution in [0.1, 0.15) is 34.5 Å². The number of carbonyl (C=O) groups is 1. The molecule has 1 N–H and O–H groups in total. The predicted molar refractivity (Wildman–Crippen MR) is 104 cm³/mol. The van der Waals surface area contributed by atoms with Gasteiger partial charge in [-0.05, 0) is 62.6 Å². The lowest BCUT2D eigenvalue weighted by Gasteiger charge is -2.20. The van der Waals surface area contributed by atoms with Crippen molar-refractivity contribution >= 4 is 28.3 Å². The van der Waals surface area contributed by atoms with E-state index in [-0.39, 0.29) is 11.7 Å². The molecule has 0 bridgehead atoms. The molecule has 138 valence electrons. The maximum atomic E-state index is 13.5. The van der Waals surface area contributed by atoms with Gasteiger partial charge in [0.1, 0.15) is 5.82 Å². The molecule has 1 aliphatic heterocycles. The molecule has 0 saturated carbocycles. The Labute approximate surface area is 157 Å². The van der Waals surface area contributed by atoms with Gasteiger partial charge in [0.25, 0.3) is 5.91 Å². The number of anilines is 2. The molecule has 6 heteroatoms. The standard InChI is InChI=1S/C21H21FN4O/c1-13-11-15(22)6-8-18(13)25-19-16-7-5-14(2)24-20(16)23-12-17(19)21(27)26-9-3-4-10-26/h5-8,11-12H,3-4,9-10H2,1-2H3,(H,23,24,25). The molecule has 1 aromatic carbocycles. The first-order valence-electron chi connectivity index (χ1n) is 9.12. The smallest absolute Gasteiger partial charge is 0.257 e. The Bertz CT molecular complexity index is 1030. The van der Waals surface area contributed by atoms with Crippen LogP contribution in [0, 0.1) is 19.7 Å². The molecule has 0 unspecified atom stereocenters. The van der Waals surface area contributed by atoms with Crippen LogP contribution in [0.2, 0.25) is 0 Å². The zero-order chi connectivity index (χ0) is 19.0. The van der Waals surface area contributed by atoms with Gasteiger partial charge in [-0.25, -0.2) is 14.4 Å². The second-order valence-corrected chi connectivity index (χ2v) is 6.95. The van der Waals surface area contributed by atoms with E-state index in [9.17, 15) is 9.18 Å². The van der Waals surface area contributed by atoms with Crippen LogP contribution in [0.4, 0.5) is 15.8 Å². The highest BCUT2D eigenvalue weighted by atomic mass is 19.1. The number of benzene rings is 1. The Hall–Kier alpha value is -3.02. The van der Waals surface area contributed by atoms with Gasteiger partial charge in [0, 0.05) is 36.1 Å². The summed E-state index contributed by atoms with van der Waals surface area (Å²) < 4.78 is 13.5. The lowest BCUT2D eigenvalue weighted by molar-refractivity contribution is 0.0793. The van der Waals surface area contributed by atoms with Crippen molar-refractivity contribution in [1.29, 1.82) is 0 Å². The van der Waals surface area contributed by atoms with Crippen molar-refractivity contribution in [1.82, 2.24) is 14.9 Å². The van der Waals surface area contributed by atoms with Crippen LogP contribution in [-0.4, -0.2) is 33.9 Å². The summed E-state index contributed by atoms with van der Waals surface area (Å²) in [5.74, 6) is -0.326. The molecule has 3 heterocycles. The number of nitrogens with one attached hydrogen (secondary N) is 1. The third kappa shape index (κ3) is 3.35. The molecule has 27 heavy (non-hydrogen) atoms. The Kier molecular flexibility index (Phi) is 4.48. The summed E-state index contributed by atoms with van der Waals surface area (Å²) in [5, 5.41) is 4.11. The molecule has 0 atom stereocenters. The Morgan fingerprint density at radius 1 is 1.15 bits per heavy atom. The van der Waals surface area contributed by atoms with E-state index in [1.54, 1.807) is 12.3 Å². The van der Waals surface area contributed by atoms with Gasteiger partial charge in [0.2, 0.25) is 0 Å². The molecule has 0 aliphatic carbocycles. The van der Waals surface area contributed by atoms with Crippen molar-refractivity contribution in [2.45, 2.75) is 26.7 Å². The number of aryl methyl sites for hydroxylation is 2. The van der Waals surface area contributed by atoms with Crippen molar-refractivity contribution in [2.24, 2.45) is 0 Å². The average molecular weight is 364 g/mol. The van der Waals surface area contributed by atoms with E-state index >= 15 is 0 Å². The highest BCUT2D eigenvalue weighted by molar-refractivity contribution is 6.07. The van der Waals surface area contributed by atoms with Gasteiger partial charge >= 0.3 is 0 Å². The number of carbonyl (C=O) groups excluding carboxylic acids is 1. The molecule has 1 fully saturated rings. The summed E-state index contributed by atoms with van der Waals surface area (Å²) in [6, 6.07) is 8.38. The number of amides is 1. The number of aromatic nitrogens is 2. The van der Waals surface area contributed by atoms with Crippen LogP contribution in [-0.2, 0) is 0 Å². The minimum Gasteiger partial charge on any atom is -0.354 e. The number of halogens is 1. The summed E-state index contributed by atoms with van der Waals surface area (Å²) >= 11 is 0. The Morgan fingerprint density at radius 3 is 2.67 bits per heavy atom. The van der Waals surface area contributed by atoms with E-state index in [2.05, 4.69) is 15.3 Å². The molecule has 4 rings (SSSR count). The lowest BCUT2D eigenvalue weighted by Crippen LogP contribution is -2.28. The zero-order valence-electron chi connectivity index (χ0n) is 15.4. The van der Waals surface area contributed by atoms with Gasteiger partial charge in [0.05, 0.1) is 11.3 Å². The van der Waals surface area contributed by atoms with Crippen LogP contribution >= 0.6 is 0 Å². The van der Waals surface area contributed by atoms with Gasteiger partial charge in [-0.2, -0.15) is 0 Å². The van der Waals surface area contributed by atoms with Crippen LogP contribution in [0.3, 0.4) is 0 Å². The summed E-state index contributed by atoms with van der Waals surface area (Å²) in [4.78, 5) is 23.8. The minimum absolute atomic E-state index is 0.0373. The number of hydrogen-bond acceptors (Lipinski definition) is 4. The summed E-state index contributed by atoms with van der Waals surface area (Å²) in [6.07, 6.45) is 3.64. The summed E-state index contributed by atoms with van der Waals surface area (Å²) in [6.45, 7) is 5.26. The Morgan fingerprint density at radius 2 is 1.93 bits per heavy atom. The number of hydrogen-bond donors (Lipinski definition) is 1. The monoisotopic (exact) mass is 364 g/mol. The molecule has 0 radical (unpaired) electrons. The molecule has 5 nitrogen and oxygen atoms in total. The SMILES string of the molecule is Cc1ccc2c(Nc3ccc(F)cc3C)c(C(=O)N3CCCC3)cnc2n1. The van der Waals surface area contributed by atoms with E-state index in [1.807, 2.05) is 30.9 Å². The number of likely N-dealkylation sites (tertiary alicyclic amines) is 1. The van der Waals surface area contributed by atoms with Crippen molar-refractivity contribution in [3.05, 3.63) is 59.2 Å². The van der Waals surface area contributed by atoms with E-state index < -0.39 is 0 Å². The topological polar surface area (TPSA) is 58.1 Å². The van der Waals surface area contributed by atoms with Crippen molar-refractivity contribution in [3.8, 4) is 0 Å². The molecule has 1 amide bonds. The van der Waals surface area contributed by atoms with Crippen LogP contribution in [0.25, 0.3) is 11.0 Å². The highest BCUT2D eigenvalue weighted by Crippen LogP contribution is 2.31. The number of nitrogens with zero attached hydrogens (tertiary/aromatic N) is 3. The van der Waals surface area contributed by atoms with E-state index in [0.29, 0.717) is 16.9 Å². The van der Waals surface area contributed by atoms with Gasteiger partial charge in [-0.1, -0.05) is 0 Å². The fourth-order valence-corrected chi connectivity index (χ4v) is 3.46. The second kappa shape index (κ2) is 6.95. The van der Waals surface area contributed by atoms with Crippen molar-refractivity contribution in [3.63, 3.8) is 0 Å². The first-order valence-corrected chi connectivity index (χ1v) is 9.12. The maximum absolute atomic E-state index is 13.5. The average Bonchev–Trinajstić information content (AvgIpc) is 3.18. The summed E-state index contributed by atoms with van der Waals surface area (Å²) in [5.41, 5.74) is 4.13. The zero-order valence-corrected chi connectivity index (χ0v) is 15.4. The van der Waals surface area contributed by atoms with Gasteiger partial charge in [-0.3, -0.25) is 4.79 Å². The molecular weight excluding hydrogens is 343 g/mol. The van der Waals surface area contributed by atoms with Crippen molar-refractivity contribution in [2.75, 3.05) is 18.4 Å². The third-order valence-corrected chi connectivity index (χ3v) is 4.94. The normalized spacial score (nSPS) is 14.0. The van der Waals surface area contributed by atoms with Gasteiger partial charge < -0.3 is 10.2 Å². The largest absolute Gasteiger partial charge is 0.354 e. The van der Waals surface area contributed by atoms with Crippen molar-refractivity contribution < 1.29 is 9.18 Å². The predicted octanol–water partition coefficient (Wildman–Crippen LogP) is 4.37. The first-order chi connectivity index (χ1) is 13.0. The van der Waals surface area contributed by atoms with Gasteiger partial charge in [0.15, 0.2) is 5.65 Å². The molecule has 3 aromatic rings. The maximum Gasteiger partial charge on any atom is 0.257 e. The third-order valence-electron chi connectivity index (χ3n) is 4.94. The molecule has 2 aromatic heterocycles. The molecule has 0 spiro atoms. The quantitative estimate of drug-likeness (QED) is 0.750. The molecule has 1 saturated heterocycles. The summed E-state index contributed by atoms with van der Waals surface area (Å²) in [7, 11) is 0. The lowest BCUT2D eigenvalue weighted by atomic mass is 10.1. The highest BCUT2D eigenvalue weighted by Gasteiger charge is 2.24. The molecular formula is C21H21FN4O. The van der Waals surface area contributed by atoms with E-state index in [1.165, 1.54) is 12.1 Å². The molecule has 1 aliphatic rings. The van der Waals surface area contributed by atoms with Gasteiger partial charge in [-0.15, -0.1) is 0 Å². The van der Waals surface area contributed by atoms with Crippen LogP contribution < -0.4 is 5.32 Å². The fourth-order valence-electron chi connectivity index (χ4n) is 3.46. The van der Waals surface area contributed by atoms with E-state index in [0.717, 1.165) is 48.3 Å². The number of pyridine rings is 2. The second-order valence-electron chi connectivity index (χ2n) is 6.95. The fraction of sp³-hybridized carbons (Fsp3) is 0.286. The minimum atomic E-state index is -0.289. The van der Waals surface area contributed by atoms with Crippen LogP contribution in [0.5, 0.6) is 0 Å².